The van der Waals surface area contributed by atoms with Gasteiger partial charge in [0.05, 0.1) is 6.10 Å². The Morgan fingerprint density at radius 1 is 1.45 bits per heavy atom. The van der Waals surface area contributed by atoms with Gasteiger partial charge in [-0.2, -0.15) is 0 Å². The van der Waals surface area contributed by atoms with Crippen LogP contribution in [-0.2, 0) is 0 Å². The molecule has 0 saturated heterocycles. The second-order valence-electron chi connectivity index (χ2n) is 4.81. The second-order valence-corrected chi connectivity index (χ2v) is 4.81. The van der Waals surface area contributed by atoms with E-state index in [4.69, 9.17) is 0 Å². The number of fused-ring (bicyclic) bond motifs is 1. The Bertz CT molecular complexity index is 172. The highest BCUT2D eigenvalue weighted by molar-refractivity contribution is 5.15. The van der Waals surface area contributed by atoms with Crippen LogP contribution in [0.25, 0.3) is 0 Å². The van der Waals surface area contributed by atoms with Crippen LogP contribution in [0.15, 0.2) is 0 Å². The molecule has 2 rings (SSSR count). The van der Waals surface area contributed by atoms with Crippen molar-refractivity contribution in [2.75, 3.05) is 0 Å². The first-order chi connectivity index (χ1) is 5.09. The second kappa shape index (κ2) is 2.01. The molecule has 1 nitrogen and oxygen atoms in total. The molecule has 0 unspecified atom stereocenters. The fourth-order valence-electron chi connectivity index (χ4n) is 3.22. The first-order valence-electron chi connectivity index (χ1n) is 4.77. The van der Waals surface area contributed by atoms with Gasteiger partial charge in [-0.1, -0.05) is 20.8 Å². The summed E-state index contributed by atoms with van der Waals surface area (Å²) in [4.78, 5) is 0. The average Bonchev–Trinajstić information content (AvgIpc) is 2.56. The van der Waals surface area contributed by atoms with Crippen LogP contribution in [0.1, 0.15) is 33.6 Å². The van der Waals surface area contributed by atoms with Gasteiger partial charge in [-0.05, 0) is 30.6 Å². The van der Waals surface area contributed by atoms with Crippen LogP contribution in [0.4, 0.5) is 0 Å². The van der Waals surface area contributed by atoms with E-state index in [1.54, 1.807) is 0 Å². The van der Waals surface area contributed by atoms with Gasteiger partial charge >= 0.3 is 0 Å². The molecule has 0 aromatic carbocycles. The molecule has 0 amide bonds. The SMILES string of the molecule is CC(C)[C@@]12C[C@@H]1[C@H](C)C[C@H]2O. The lowest BCUT2D eigenvalue weighted by atomic mass is 9.88. The first kappa shape index (κ1) is 7.60. The van der Waals surface area contributed by atoms with Gasteiger partial charge in [0.15, 0.2) is 0 Å². The molecule has 2 saturated carbocycles. The van der Waals surface area contributed by atoms with Crippen molar-refractivity contribution in [3.05, 3.63) is 0 Å². The molecule has 2 aliphatic carbocycles. The van der Waals surface area contributed by atoms with Crippen molar-refractivity contribution < 1.29 is 5.11 Å². The molecule has 64 valence electrons. The molecular weight excluding hydrogens is 136 g/mol. The number of rotatable bonds is 1. The summed E-state index contributed by atoms with van der Waals surface area (Å²) in [6, 6.07) is 0. The lowest BCUT2D eigenvalue weighted by Gasteiger charge is -2.22. The average molecular weight is 154 g/mol. The highest BCUT2D eigenvalue weighted by Gasteiger charge is 2.66. The summed E-state index contributed by atoms with van der Waals surface area (Å²) < 4.78 is 0. The summed E-state index contributed by atoms with van der Waals surface area (Å²) in [6.07, 6.45) is 2.33. The molecule has 0 radical (unpaired) electrons. The summed E-state index contributed by atoms with van der Waals surface area (Å²) in [6.45, 7) is 6.79. The van der Waals surface area contributed by atoms with Gasteiger partial charge in [-0.15, -0.1) is 0 Å². The predicted molar refractivity (Wildman–Crippen MR) is 45.2 cm³/mol. The molecule has 4 atom stereocenters. The van der Waals surface area contributed by atoms with E-state index in [2.05, 4.69) is 20.8 Å². The minimum Gasteiger partial charge on any atom is -0.393 e. The molecule has 2 aliphatic rings. The topological polar surface area (TPSA) is 20.2 Å². The predicted octanol–water partition coefficient (Wildman–Crippen LogP) is 2.05. The van der Waals surface area contributed by atoms with Crippen molar-refractivity contribution in [1.29, 1.82) is 0 Å². The lowest BCUT2D eigenvalue weighted by molar-refractivity contribution is 0.0741. The Hall–Kier alpha value is -0.0400. The lowest BCUT2D eigenvalue weighted by Crippen LogP contribution is -2.24. The third kappa shape index (κ3) is 0.752. The Kier molecular flexibility index (Phi) is 1.39. The molecule has 11 heavy (non-hydrogen) atoms. The zero-order valence-electron chi connectivity index (χ0n) is 7.67. The van der Waals surface area contributed by atoms with Gasteiger partial charge in [0.1, 0.15) is 0 Å². The number of hydrogen-bond donors (Lipinski definition) is 1. The van der Waals surface area contributed by atoms with E-state index >= 15 is 0 Å². The van der Waals surface area contributed by atoms with Gasteiger partial charge in [0.2, 0.25) is 0 Å². The van der Waals surface area contributed by atoms with Crippen LogP contribution < -0.4 is 0 Å². The fourth-order valence-corrected chi connectivity index (χ4v) is 3.22. The van der Waals surface area contributed by atoms with Crippen LogP contribution in [0.3, 0.4) is 0 Å². The summed E-state index contributed by atoms with van der Waals surface area (Å²) in [7, 11) is 0. The van der Waals surface area contributed by atoms with Crippen molar-refractivity contribution in [3.63, 3.8) is 0 Å². The molecule has 1 N–H and O–H groups in total. The van der Waals surface area contributed by atoms with Crippen LogP contribution >= 0.6 is 0 Å². The highest BCUT2D eigenvalue weighted by atomic mass is 16.3. The number of aliphatic hydroxyl groups excluding tert-OH is 1. The highest BCUT2D eigenvalue weighted by Crippen LogP contribution is 2.69. The molecule has 0 aliphatic heterocycles. The Morgan fingerprint density at radius 2 is 2.09 bits per heavy atom. The molecule has 0 spiro atoms. The smallest absolute Gasteiger partial charge is 0.0604 e. The summed E-state index contributed by atoms with van der Waals surface area (Å²) in [5.41, 5.74) is 0.347. The van der Waals surface area contributed by atoms with Crippen molar-refractivity contribution >= 4 is 0 Å². The van der Waals surface area contributed by atoms with Crippen molar-refractivity contribution in [1.82, 2.24) is 0 Å². The maximum Gasteiger partial charge on any atom is 0.0604 e. The van der Waals surface area contributed by atoms with E-state index in [0.717, 1.165) is 18.3 Å². The van der Waals surface area contributed by atoms with Crippen molar-refractivity contribution in [2.45, 2.75) is 39.7 Å². The third-order valence-electron chi connectivity index (χ3n) is 4.08. The minimum absolute atomic E-state index is 0.00231. The quantitative estimate of drug-likeness (QED) is 0.613. The Morgan fingerprint density at radius 3 is 2.27 bits per heavy atom. The maximum atomic E-state index is 9.83. The third-order valence-corrected chi connectivity index (χ3v) is 4.08. The van der Waals surface area contributed by atoms with Gasteiger partial charge in [-0.3, -0.25) is 0 Å². The van der Waals surface area contributed by atoms with E-state index in [1.807, 2.05) is 0 Å². The van der Waals surface area contributed by atoms with E-state index in [0.29, 0.717) is 11.3 Å². The molecular formula is C10H18O. The van der Waals surface area contributed by atoms with E-state index < -0.39 is 0 Å². The van der Waals surface area contributed by atoms with Gasteiger partial charge in [-0.25, -0.2) is 0 Å². The molecule has 0 heterocycles. The molecule has 0 bridgehead atoms. The molecule has 1 heteroatoms. The largest absolute Gasteiger partial charge is 0.393 e. The number of hydrogen-bond acceptors (Lipinski definition) is 1. The van der Waals surface area contributed by atoms with Crippen LogP contribution in [-0.4, -0.2) is 11.2 Å². The fraction of sp³-hybridized carbons (Fsp3) is 1.00. The van der Waals surface area contributed by atoms with Gasteiger partial charge in [0, 0.05) is 5.41 Å². The van der Waals surface area contributed by atoms with Crippen LogP contribution in [0.2, 0.25) is 0 Å². The van der Waals surface area contributed by atoms with E-state index in [-0.39, 0.29) is 6.10 Å². The summed E-state index contributed by atoms with van der Waals surface area (Å²) in [5, 5.41) is 9.83. The van der Waals surface area contributed by atoms with Crippen LogP contribution in [0.5, 0.6) is 0 Å². The number of aliphatic hydroxyl groups is 1. The van der Waals surface area contributed by atoms with Gasteiger partial charge < -0.3 is 5.11 Å². The molecule has 0 aromatic heterocycles. The minimum atomic E-state index is 0.00231. The standard InChI is InChI=1S/C10H18O/c1-6(2)10-5-8(10)7(3)4-9(10)11/h6-9,11H,4-5H2,1-3H3/t7-,8-,9-,10+/m1/s1. The Labute approximate surface area is 68.8 Å². The Balaban J connectivity index is 2.19. The van der Waals surface area contributed by atoms with Crippen LogP contribution in [0, 0.1) is 23.2 Å². The summed E-state index contributed by atoms with van der Waals surface area (Å²) in [5.74, 6) is 2.29. The van der Waals surface area contributed by atoms with E-state index in [9.17, 15) is 5.11 Å². The van der Waals surface area contributed by atoms with E-state index in [1.165, 1.54) is 6.42 Å². The first-order valence-corrected chi connectivity index (χ1v) is 4.77. The maximum absolute atomic E-state index is 9.83. The molecule has 0 aromatic rings. The van der Waals surface area contributed by atoms with Crippen molar-refractivity contribution in [2.24, 2.45) is 23.2 Å². The monoisotopic (exact) mass is 154 g/mol. The zero-order valence-corrected chi connectivity index (χ0v) is 7.67. The normalized spacial score (nSPS) is 54.8. The summed E-state index contributed by atoms with van der Waals surface area (Å²) >= 11 is 0. The van der Waals surface area contributed by atoms with Crippen molar-refractivity contribution in [3.8, 4) is 0 Å². The van der Waals surface area contributed by atoms with Gasteiger partial charge in [0.25, 0.3) is 0 Å². The zero-order chi connectivity index (χ0) is 8.22. The molecule has 2 fully saturated rings.